The molecular weight excluding hydrogens is 278 g/mol. The molecule has 1 saturated heterocycles. The highest BCUT2D eigenvalue weighted by molar-refractivity contribution is 6.30. The Morgan fingerprint density at radius 1 is 1.00 bits per heavy atom. The third-order valence-corrected chi connectivity index (χ3v) is 6.25. The van der Waals surface area contributed by atoms with Gasteiger partial charge in [0.05, 0.1) is 0 Å². The third-order valence-electron chi connectivity index (χ3n) is 6.01. The maximum absolute atomic E-state index is 6.28. The summed E-state index contributed by atoms with van der Waals surface area (Å²) in [6.45, 7) is 2.62. The number of likely N-dealkylation sites (tertiary alicyclic amines) is 1. The van der Waals surface area contributed by atoms with E-state index in [9.17, 15) is 0 Å². The van der Waals surface area contributed by atoms with Crippen molar-refractivity contribution in [1.82, 2.24) is 4.90 Å². The molecule has 2 atom stereocenters. The second-order valence-electron chi connectivity index (χ2n) is 7.36. The standard InChI is InChI=1S/C19H26ClN/c20-16-8-9-17-15-7-4-10-21(19(11-15)18(17)12-16)13-14-5-2-1-3-6-14/h8-9,12,14-15,19H,1-7,10-11,13H2. The van der Waals surface area contributed by atoms with Gasteiger partial charge in [-0.2, -0.15) is 0 Å². The van der Waals surface area contributed by atoms with Gasteiger partial charge in [0.15, 0.2) is 0 Å². The van der Waals surface area contributed by atoms with Crippen LogP contribution in [-0.2, 0) is 0 Å². The molecule has 114 valence electrons. The van der Waals surface area contributed by atoms with Crippen molar-refractivity contribution >= 4 is 11.6 Å². The summed E-state index contributed by atoms with van der Waals surface area (Å²) in [5, 5.41) is 0.914. The van der Waals surface area contributed by atoms with Crippen LogP contribution in [0, 0.1) is 5.92 Å². The van der Waals surface area contributed by atoms with E-state index in [-0.39, 0.29) is 0 Å². The van der Waals surface area contributed by atoms with Crippen LogP contribution in [0.25, 0.3) is 0 Å². The minimum absolute atomic E-state index is 0.646. The first kappa shape index (κ1) is 14.1. The van der Waals surface area contributed by atoms with Crippen LogP contribution in [0.4, 0.5) is 0 Å². The van der Waals surface area contributed by atoms with Crippen molar-refractivity contribution in [2.24, 2.45) is 5.92 Å². The highest BCUT2D eigenvalue weighted by Gasteiger charge is 2.37. The Morgan fingerprint density at radius 2 is 1.86 bits per heavy atom. The first-order chi connectivity index (χ1) is 10.3. The van der Waals surface area contributed by atoms with Gasteiger partial charge >= 0.3 is 0 Å². The maximum Gasteiger partial charge on any atom is 0.0409 e. The van der Waals surface area contributed by atoms with Crippen LogP contribution >= 0.6 is 11.6 Å². The summed E-state index contributed by atoms with van der Waals surface area (Å²) in [6, 6.07) is 7.28. The molecule has 1 saturated carbocycles. The minimum Gasteiger partial charge on any atom is -0.296 e. The monoisotopic (exact) mass is 303 g/mol. The number of nitrogens with zero attached hydrogens (tertiary/aromatic N) is 1. The Labute approximate surface area is 133 Å². The smallest absolute Gasteiger partial charge is 0.0409 e. The summed E-state index contributed by atoms with van der Waals surface area (Å²) in [6.07, 6.45) is 11.3. The molecule has 2 aliphatic carbocycles. The van der Waals surface area contributed by atoms with Crippen molar-refractivity contribution in [3.05, 3.63) is 34.3 Å². The predicted octanol–water partition coefficient (Wildman–Crippen LogP) is 5.54. The summed E-state index contributed by atoms with van der Waals surface area (Å²) in [4.78, 5) is 2.80. The van der Waals surface area contributed by atoms with E-state index in [0.29, 0.717) is 6.04 Å². The number of halogens is 1. The van der Waals surface area contributed by atoms with Crippen molar-refractivity contribution in [3.8, 4) is 0 Å². The van der Waals surface area contributed by atoms with Crippen molar-refractivity contribution in [2.75, 3.05) is 13.1 Å². The molecule has 2 fully saturated rings. The van der Waals surface area contributed by atoms with Gasteiger partial charge < -0.3 is 0 Å². The fourth-order valence-corrected chi connectivity index (χ4v) is 5.15. The Kier molecular flexibility index (Phi) is 3.98. The molecule has 1 heterocycles. The van der Waals surface area contributed by atoms with Crippen LogP contribution in [-0.4, -0.2) is 18.0 Å². The Hall–Kier alpha value is -0.530. The van der Waals surface area contributed by atoms with Crippen LogP contribution in [0.5, 0.6) is 0 Å². The lowest BCUT2D eigenvalue weighted by Crippen LogP contribution is -2.33. The van der Waals surface area contributed by atoms with Gasteiger partial charge in [0.25, 0.3) is 0 Å². The number of benzene rings is 1. The molecule has 3 aliphatic rings. The van der Waals surface area contributed by atoms with E-state index < -0.39 is 0 Å². The molecule has 1 aromatic rings. The van der Waals surface area contributed by atoms with Gasteiger partial charge in [-0.15, -0.1) is 0 Å². The molecule has 4 rings (SSSR count). The second-order valence-corrected chi connectivity index (χ2v) is 7.80. The first-order valence-electron chi connectivity index (χ1n) is 8.84. The summed E-state index contributed by atoms with van der Waals surface area (Å²) in [5.74, 6) is 1.73. The molecule has 0 N–H and O–H groups in total. The van der Waals surface area contributed by atoms with Gasteiger partial charge in [-0.1, -0.05) is 36.9 Å². The van der Waals surface area contributed by atoms with E-state index in [1.54, 1.807) is 11.1 Å². The quantitative estimate of drug-likeness (QED) is 0.693. The first-order valence-corrected chi connectivity index (χ1v) is 9.22. The lowest BCUT2D eigenvalue weighted by Gasteiger charge is -2.34. The van der Waals surface area contributed by atoms with Crippen LogP contribution in [0.1, 0.15) is 74.5 Å². The molecule has 2 bridgehead atoms. The molecule has 1 nitrogen and oxygen atoms in total. The highest BCUT2D eigenvalue weighted by atomic mass is 35.5. The zero-order valence-corrected chi connectivity index (χ0v) is 13.6. The molecule has 0 radical (unpaired) electrons. The van der Waals surface area contributed by atoms with Gasteiger partial charge in [0.2, 0.25) is 0 Å². The van der Waals surface area contributed by atoms with Gasteiger partial charge in [0, 0.05) is 17.6 Å². The number of hydrogen-bond acceptors (Lipinski definition) is 1. The van der Waals surface area contributed by atoms with E-state index in [4.69, 9.17) is 11.6 Å². The Bertz CT molecular complexity index is 506. The van der Waals surface area contributed by atoms with Crippen LogP contribution in [0.15, 0.2) is 18.2 Å². The third kappa shape index (κ3) is 2.75. The summed E-state index contributed by atoms with van der Waals surface area (Å²) >= 11 is 6.28. The molecule has 2 unspecified atom stereocenters. The number of hydrogen-bond donors (Lipinski definition) is 0. The van der Waals surface area contributed by atoms with Crippen LogP contribution in [0.3, 0.4) is 0 Å². The van der Waals surface area contributed by atoms with Gasteiger partial charge in [-0.3, -0.25) is 4.90 Å². The molecule has 0 spiro atoms. The van der Waals surface area contributed by atoms with Crippen molar-refractivity contribution in [3.63, 3.8) is 0 Å². The molecule has 0 aromatic heterocycles. The van der Waals surface area contributed by atoms with Gasteiger partial charge in [-0.05, 0) is 73.7 Å². The molecule has 0 amide bonds. The van der Waals surface area contributed by atoms with Crippen molar-refractivity contribution in [2.45, 2.75) is 63.3 Å². The lowest BCUT2D eigenvalue weighted by atomic mass is 9.88. The average Bonchev–Trinajstić information content (AvgIpc) is 2.71. The normalized spacial score (nSPS) is 30.1. The fourth-order valence-electron chi connectivity index (χ4n) is 4.97. The summed E-state index contributed by atoms with van der Waals surface area (Å²) in [5.41, 5.74) is 3.14. The van der Waals surface area contributed by atoms with Crippen molar-refractivity contribution < 1.29 is 0 Å². The van der Waals surface area contributed by atoms with E-state index >= 15 is 0 Å². The number of rotatable bonds is 2. The maximum atomic E-state index is 6.28. The molecule has 1 aliphatic heterocycles. The van der Waals surface area contributed by atoms with E-state index in [2.05, 4.69) is 23.1 Å². The van der Waals surface area contributed by atoms with E-state index in [1.807, 2.05) is 0 Å². The van der Waals surface area contributed by atoms with E-state index in [0.717, 1.165) is 16.9 Å². The largest absolute Gasteiger partial charge is 0.296 e. The Morgan fingerprint density at radius 3 is 2.71 bits per heavy atom. The predicted molar refractivity (Wildman–Crippen MR) is 88.9 cm³/mol. The molecule has 1 aromatic carbocycles. The second kappa shape index (κ2) is 5.93. The summed E-state index contributed by atoms with van der Waals surface area (Å²) in [7, 11) is 0. The number of fused-ring (bicyclic) bond motifs is 5. The molecular formula is C19H26ClN. The minimum atomic E-state index is 0.646. The summed E-state index contributed by atoms with van der Waals surface area (Å²) < 4.78 is 0. The lowest BCUT2D eigenvalue weighted by molar-refractivity contribution is 0.154. The molecule has 21 heavy (non-hydrogen) atoms. The zero-order valence-electron chi connectivity index (χ0n) is 12.9. The Balaban J connectivity index is 1.57. The fraction of sp³-hybridized carbons (Fsp3) is 0.684. The van der Waals surface area contributed by atoms with Gasteiger partial charge in [-0.25, -0.2) is 0 Å². The van der Waals surface area contributed by atoms with Crippen LogP contribution in [0.2, 0.25) is 5.02 Å². The topological polar surface area (TPSA) is 3.24 Å². The highest BCUT2D eigenvalue weighted by Crippen LogP contribution is 2.48. The van der Waals surface area contributed by atoms with Gasteiger partial charge in [0.1, 0.15) is 0 Å². The average molecular weight is 304 g/mol. The van der Waals surface area contributed by atoms with Crippen molar-refractivity contribution in [1.29, 1.82) is 0 Å². The molecule has 2 heteroatoms. The SMILES string of the molecule is Clc1ccc2c(c1)C1CC2CCCN1CC1CCCCC1. The van der Waals surface area contributed by atoms with Crippen LogP contribution < -0.4 is 0 Å². The zero-order chi connectivity index (χ0) is 14.2. The van der Waals surface area contributed by atoms with E-state index in [1.165, 1.54) is 64.5 Å².